The van der Waals surface area contributed by atoms with E-state index in [2.05, 4.69) is 30.0 Å². The summed E-state index contributed by atoms with van der Waals surface area (Å²) in [5.41, 5.74) is 0. The second-order valence-corrected chi connectivity index (χ2v) is 12.0. The standard InChI is InChI=1S/C23H34N2O2S5/c1-9-19(28-7)14-21(26)25-17(4)30-16(3)12-11-13-22(24-6)31-18(5)32-23(27)15-20(10-2)29-8/h9-10H,3-5,11-15H2,1-2,6-8H3,(H,25,26)/b19-9-,20-10-,24-22?. The molecule has 0 aliphatic rings. The van der Waals surface area contributed by atoms with Crippen molar-refractivity contribution in [1.82, 2.24) is 5.32 Å². The summed E-state index contributed by atoms with van der Waals surface area (Å²) in [5.74, 6) is -0.0702. The second kappa shape index (κ2) is 18.7. The van der Waals surface area contributed by atoms with Gasteiger partial charge in [0.1, 0.15) is 0 Å². The van der Waals surface area contributed by atoms with E-state index >= 15 is 0 Å². The number of hydrogen-bond donors (Lipinski definition) is 1. The van der Waals surface area contributed by atoms with Crippen LogP contribution in [0.1, 0.15) is 46.0 Å². The molecule has 1 N–H and O–H groups in total. The van der Waals surface area contributed by atoms with Gasteiger partial charge in [0.05, 0.1) is 16.5 Å². The molecule has 0 saturated heterocycles. The molecule has 0 fully saturated rings. The van der Waals surface area contributed by atoms with Crippen LogP contribution < -0.4 is 5.32 Å². The van der Waals surface area contributed by atoms with E-state index in [4.69, 9.17) is 0 Å². The van der Waals surface area contributed by atoms with Crippen LogP contribution >= 0.6 is 58.8 Å². The quantitative estimate of drug-likeness (QED) is 0.171. The molecular formula is C23H34N2O2S5. The molecule has 1 amide bonds. The zero-order valence-corrected chi connectivity index (χ0v) is 23.7. The van der Waals surface area contributed by atoms with Gasteiger partial charge in [0.2, 0.25) is 5.91 Å². The molecule has 0 heterocycles. The molecule has 32 heavy (non-hydrogen) atoms. The van der Waals surface area contributed by atoms with Crippen LogP contribution in [0.15, 0.2) is 60.9 Å². The minimum absolute atomic E-state index is 0.0702. The van der Waals surface area contributed by atoms with Crippen LogP contribution in [-0.4, -0.2) is 35.6 Å². The normalized spacial score (nSPS) is 12.5. The van der Waals surface area contributed by atoms with E-state index in [9.17, 15) is 9.59 Å². The van der Waals surface area contributed by atoms with Crippen molar-refractivity contribution in [3.8, 4) is 0 Å². The minimum Gasteiger partial charge on any atom is -0.321 e. The SMILES string of the molecule is C=C(CCCC(=NC)SC(=C)SC(=O)C/C(=C/C)SC)SC(=C)NC(=O)C/C(=C/C)SC. The number of carbonyl (C=O) groups excluding carboxylic acids is 2. The Morgan fingerprint density at radius 1 is 0.906 bits per heavy atom. The molecule has 0 spiro atoms. The fourth-order valence-corrected chi connectivity index (χ4v) is 5.99. The molecule has 0 saturated carbocycles. The molecular weight excluding hydrogens is 497 g/mol. The molecule has 0 radical (unpaired) electrons. The Labute approximate surface area is 215 Å². The van der Waals surface area contributed by atoms with E-state index in [1.807, 2.05) is 38.5 Å². The summed E-state index contributed by atoms with van der Waals surface area (Å²) in [6.07, 6.45) is 11.0. The molecule has 0 atom stereocenters. The number of carbonyl (C=O) groups is 2. The molecule has 0 aliphatic heterocycles. The molecule has 0 aromatic heterocycles. The highest BCUT2D eigenvalue weighted by atomic mass is 32.2. The molecule has 0 rings (SSSR count). The van der Waals surface area contributed by atoms with Gasteiger partial charge in [-0.15, -0.1) is 23.5 Å². The summed E-state index contributed by atoms with van der Waals surface area (Å²) in [7, 11) is 1.75. The lowest BCUT2D eigenvalue weighted by molar-refractivity contribution is -0.119. The van der Waals surface area contributed by atoms with Gasteiger partial charge in [-0.25, -0.2) is 0 Å². The number of rotatable bonds is 15. The maximum Gasteiger partial charge on any atom is 0.229 e. The van der Waals surface area contributed by atoms with Gasteiger partial charge in [-0.3, -0.25) is 14.6 Å². The van der Waals surface area contributed by atoms with Crippen LogP contribution in [0.4, 0.5) is 0 Å². The van der Waals surface area contributed by atoms with Crippen molar-refractivity contribution in [2.75, 3.05) is 19.6 Å². The van der Waals surface area contributed by atoms with Crippen molar-refractivity contribution in [3.63, 3.8) is 0 Å². The van der Waals surface area contributed by atoms with Gasteiger partial charge in [0.25, 0.3) is 0 Å². The van der Waals surface area contributed by atoms with Crippen molar-refractivity contribution in [1.29, 1.82) is 0 Å². The third-order valence-electron chi connectivity index (χ3n) is 3.92. The Morgan fingerprint density at radius 3 is 2.03 bits per heavy atom. The number of thioether (sulfide) groups is 5. The van der Waals surface area contributed by atoms with Gasteiger partial charge < -0.3 is 5.32 Å². The lowest BCUT2D eigenvalue weighted by Gasteiger charge is -2.11. The molecule has 4 nitrogen and oxygen atoms in total. The largest absolute Gasteiger partial charge is 0.321 e. The number of hydrogen-bond acceptors (Lipinski definition) is 8. The molecule has 0 aliphatic carbocycles. The lowest BCUT2D eigenvalue weighted by atomic mass is 10.2. The zero-order chi connectivity index (χ0) is 24.5. The van der Waals surface area contributed by atoms with Crippen molar-refractivity contribution >= 4 is 74.9 Å². The highest BCUT2D eigenvalue weighted by Gasteiger charge is 2.12. The Kier molecular flexibility index (Phi) is 18.2. The van der Waals surface area contributed by atoms with Gasteiger partial charge >= 0.3 is 0 Å². The van der Waals surface area contributed by atoms with Gasteiger partial charge in [-0.1, -0.05) is 55.4 Å². The van der Waals surface area contributed by atoms with Gasteiger partial charge in [-0.2, -0.15) is 0 Å². The Bertz CT molecular complexity index is 785. The highest BCUT2D eigenvalue weighted by molar-refractivity contribution is 8.34. The van der Waals surface area contributed by atoms with Gasteiger partial charge in [0, 0.05) is 17.7 Å². The van der Waals surface area contributed by atoms with Crippen LogP contribution in [0.25, 0.3) is 0 Å². The van der Waals surface area contributed by atoms with E-state index in [0.29, 0.717) is 17.9 Å². The topological polar surface area (TPSA) is 58.5 Å². The number of allylic oxidation sites excluding steroid dienone is 4. The smallest absolute Gasteiger partial charge is 0.229 e. The first-order valence-corrected chi connectivity index (χ1v) is 14.8. The summed E-state index contributed by atoms with van der Waals surface area (Å²) in [6.45, 7) is 15.9. The molecule has 0 bridgehead atoms. The molecule has 0 aromatic rings. The van der Waals surface area contributed by atoms with E-state index in [-0.39, 0.29) is 11.0 Å². The van der Waals surface area contributed by atoms with Gasteiger partial charge in [0.15, 0.2) is 5.12 Å². The maximum atomic E-state index is 12.2. The molecule has 0 aromatic carbocycles. The zero-order valence-electron chi connectivity index (χ0n) is 19.6. The van der Waals surface area contributed by atoms with Crippen molar-refractivity contribution in [3.05, 3.63) is 55.9 Å². The third kappa shape index (κ3) is 15.2. The van der Waals surface area contributed by atoms with Crippen molar-refractivity contribution in [2.24, 2.45) is 4.99 Å². The number of nitrogens with zero attached hydrogens (tertiary/aromatic N) is 1. The summed E-state index contributed by atoms with van der Waals surface area (Å²) < 4.78 is 0.738. The lowest BCUT2D eigenvalue weighted by Crippen LogP contribution is -2.20. The first kappa shape index (κ1) is 31.3. The van der Waals surface area contributed by atoms with Crippen LogP contribution in [-0.2, 0) is 9.59 Å². The number of amides is 1. The second-order valence-electron chi connectivity index (χ2n) is 6.30. The van der Waals surface area contributed by atoms with Crippen LogP contribution in [0.3, 0.4) is 0 Å². The third-order valence-corrected chi connectivity index (χ3v) is 8.52. The van der Waals surface area contributed by atoms with Crippen LogP contribution in [0, 0.1) is 0 Å². The molecule has 0 unspecified atom stereocenters. The Balaban J connectivity index is 4.33. The van der Waals surface area contributed by atoms with E-state index in [1.54, 1.807) is 30.6 Å². The first-order chi connectivity index (χ1) is 15.2. The molecule has 178 valence electrons. The predicted molar refractivity (Wildman–Crippen MR) is 154 cm³/mol. The average Bonchev–Trinajstić information content (AvgIpc) is 2.74. The van der Waals surface area contributed by atoms with Crippen molar-refractivity contribution in [2.45, 2.75) is 46.0 Å². The van der Waals surface area contributed by atoms with Crippen LogP contribution in [0.5, 0.6) is 0 Å². The predicted octanol–water partition coefficient (Wildman–Crippen LogP) is 7.80. The summed E-state index contributed by atoms with van der Waals surface area (Å²) in [4.78, 5) is 31.6. The summed E-state index contributed by atoms with van der Waals surface area (Å²) in [6, 6.07) is 0. The van der Waals surface area contributed by atoms with Crippen molar-refractivity contribution < 1.29 is 9.59 Å². The van der Waals surface area contributed by atoms with Crippen LogP contribution in [0.2, 0.25) is 0 Å². The average molecular weight is 531 g/mol. The Morgan fingerprint density at radius 2 is 1.50 bits per heavy atom. The highest BCUT2D eigenvalue weighted by Crippen LogP contribution is 2.33. The minimum atomic E-state index is -0.0702. The maximum absolute atomic E-state index is 12.2. The van der Waals surface area contributed by atoms with E-state index < -0.39 is 0 Å². The first-order valence-electron chi connectivity index (χ1n) is 9.94. The number of nitrogens with one attached hydrogen (secondary N) is 1. The molecule has 9 heteroatoms. The summed E-state index contributed by atoms with van der Waals surface area (Å²) in [5, 5.41) is 4.43. The van der Waals surface area contributed by atoms with Gasteiger partial charge in [-0.05, 0) is 72.1 Å². The Hall–Kier alpha value is -0.740. The number of aliphatic imine (C=N–C) groups is 1. The van der Waals surface area contributed by atoms with E-state index in [0.717, 1.165) is 43.3 Å². The fraction of sp³-hybridized carbons (Fsp3) is 0.435. The fourth-order valence-electron chi connectivity index (χ4n) is 2.30. The van der Waals surface area contributed by atoms with E-state index in [1.165, 1.54) is 35.3 Å². The monoisotopic (exact) mass is 530 g/mol. The summed E-state index contributed by atoms with van der Waals surface area (Å²) >= 11 is 7.19.